The number of benzene rings is 2. The fourth-order valence-corrected chi connectivity index (χ4v) is 1.83. The average Bonchev–Trinajstić information content (AvgIpc) is 2.59. The third kappa shape index (κ3) is 5.20. The normalized spacial score (nSPS) is 9.88. The van der Waals surface area contributed by atoms with E-state index in [4.69, 9.17) is 9.47 Å². The van der Waals surface area contributed by atoms with Crippen molar-refractivity contribution in [2.45, 2.75) is 6.92 Å². The molecule has 0 heterocycles. The minimum absolute atomic E-state index is 0.0344. The fourth-order valence-electron chi connectivity index (χ4n) is 1.83. The summed E-state index contributed by atoms with van der Waals surface area (Å²) in [6.45, 7) is 2.20. The zero-order valence-electron chi connectivity index (χ0n) is 13.1. The summed E-state index contributed by atoms with van der Waals surface area (Å²) in [6, 6.07) is 12.6. The Kier molecular flexibility index (Phi) is 6.01. The van der Waals surface area contributed by atoms with E-state index in [0.29, 0.717) is 18.1 Å². The number of phenolic OH excluding ortho intramolecular Hbond substituents is 1. The summed E-state index contributed by atoms with van der Waals surface area (Å²) in [4.78, 5) is 23.4. The smallest absolute Gasteiger partial charge is 0.276 e. The van der Waals surface area contributed by atoms with Gasteiger partial charge in [0.15, 0.2) is 6.61 Å². The Morgan fingerprint density at radius 2 is 1.67 bits per heavy atom. The number of aromatic hydroxyl groups is 1. The van der Waals surface area contributed by atoms with Crippen LogP contribution in [0.15, 0.2) is 48.5 Å². The number of phenols is 1. The highest BCUT2D eigenvalue weighted by molar-refractivity contribution is 5.95. The second-order valence-corrected chi connectivity index (χ2v) is 4.75. The van der Waals surface area contributed by atoms with E-state index < -0.39 is 11.8 Å². The minimum Gasteiger partial charge on any atom is -0.508 e. The molecule has 0 saturated heterocycles. The monoisotopic (exact) mass is 330 g/mol. The van der Waals surface area contributed by atoms with E-state index >= 15 is 0 Å². The summed E-state index contributed by atoms with van der Waals surface area (Å²) in [6.07, 6.45) is 0. The van der Waals surface area contributed by atoms with Gasteiger partial charge < -0.3 is 14.6 Å². The first-order valence-electron chi connectivity index (χ1n) is 7.32. The number of hydrogen-bond acceptors (Lipinski definition) is 5. The van der Waals surface area contributed by atoms with Crippen LogP contribution >= 0.6 is 0 Å². The lowest BCUT2D eigenvalue weighted by Crippen LogP contribution is -2.43. The lowest BCUT2D eigenvalue weighted by atomic mass is 10.2. The van der Waals surface area contributed by atoms with Crippen LogP contribution in [0.2, 0.25) is 0 Å². The summed E-state index contributed by atoms with van der Waals surface area (Å²) in [5.41, 5.74) is 4.70. The summed E-state index contributed by atoms with van der Waals surface area (Å²) < 4.78 is 10.6. The highest BCUT2D eigenvalue weighted by atomic mass is 16.5. The molecule has 7 nitrogen and oxygen atoms in total. The first-order valence-corrected chi connectivity index (χ1v) is 7.32. The van der Waals surface area contributed by atoms with Gasteiger partial charge in [-0.05, 0) is 49.4 Å². The maximum Gasteiger partial charge on any atom is 0.276 e. The Bertz CT molecular complexity index is 700. The molecule has 0 atom stereocenters. The van der Waals surface area contributed by atoms with Gasteiger partial charge in [-0.2, -0.15) is 0 Å². The summed E-state index contributed by atoms with van der Waals surface area (Å²) in [5.74, 6) is 0.131. The number of rotatable bonds is 6. The van der Waals surface area contributed by atoms with Gasteiger partial charge in [0.2, 0.25) is 0 Å². The van der Waals surface area contributed by atoms with Crippen molar-refractivity contribution in [3.05, 3.63) is 54.1 Å². The maximum atomic E-state index is 11.8. The molecule has 3 N–H and O–H groups in total. The van der Waals surface area contributed by atoms with E-state index in [-0.39, 0.29) is 17.9 Å². The van der Waals surface area contributed by atoms with E-state index in [0.717, 1.165) is 0 Å². The SMILES string of the molecule is CCOc1ccc(OCC(=O)NNC(=O)c2cccc(O)c2)cc1. The van der Waals surface area contributed by atoms with Crippen molar-refractivity contribution in [3.8, 4) is 17.2 Å². The third-order valence-corrected chi connectivity index (χ3v) is 2.93. The van der Waals surface area contributed by atoms with Crippen LogP contribution in [-0.4, -0.2) is 30.1 Å². The lowest BCUT2D eigenvalue weighted by Gasteiger charge is -2.09. The van der Waals surface area contributed by atoms with Gasteiger partial charge in [0.1, 0.15) is 17.2 Å². The van der Waals surface area contributed by atoms with Crippen molar-refractivity contribution in [1.29, 1.82) is 0 Å². The molecular formula is C17H18N2O5. The molecule has 0 fully saturated rings. The van der Waals surface area contributed by atoms with E-state index in [1.54, 1.807) is 24.3 Å². The Labute approximate surface area is 139 Å². The van der Waals surface area contributed by atoms with Crippen molar-refractivity contribution >= 4 is 11.8 Å². The maximum absolute atomic E-state index is 11.8. The zero-order valence-corrected chi connectivity index (χ0v) is 13.1. The highest BCUT2D eigenvalue weighted by Crippen LogP contribution is 2.17. The van der Waals surface area contributed by atoms with Crippen LogP contribution in [0.4, 0.5) is 0 Å². The molecule has 0 aromatic heterocycles. The van der Waals surface area contributed by atoms with E-state index in [1.807, 2.05) is 6.92 Å². The predicted octanol–water partition coefficient (Wildman–Crippen LogP) is 1.63. The topological polar surface area (TPSA) is 96.9 Å². The summed E-state index contributed by atoms with van der Waals surface area (Å²) >= 11 is 0. The first-order chi connectivity index (χ1) is 11.6. The minimum atomic E-state index is -0.541. The quantitative estimate of drug-likeness (QED) is 0.700. The van der Waals surface area contributed by atoms with Crippen molar-refractivity contribution in [2.75, 3.05) is 13.2 Å². The van der Waals surface area contributed by atoms with Gasteiger partial charge in [0, 0.05) is 5.56 Å². The van der Waals surface area contributed by atoms with Crippen molar-refractivity contribution in [3.63, 3.8) is 0 Å². The second-order valence-electron chi connectivity index (χ2n) is 4.75. The third-order valence-electron chi connectivity index (χ3n) is 2.93. The summed E-state index contributed by atoms with van der Waals surface area (Å²) in [5, 5.41) is 9.31. The number of ether oxygens (including phenoxy) is 2. The van der Waals surface area contributed by atoms with E-state index in [9.17, 15) is 14.7 Å². The lowest BCUT2D eigenvalue weighted by molar-refractivity contribution is -0.123. The molecule has 0 aliphatic heterocycles. The molecule has 2 aromatic rings. The number of hydrazine groups is 1. The van der Waals surface area contributed by atoms with Crippen LogP contribution in [-0.2, 0) is 4.79 Å². The Morgan fingerprint density at radius 1 is 1.00 bits per heavy atom. The van der Waals surface area contributed by atoms with Crippen LogP contribution in [0.25, 0.3) is 0 Å². The van der Waals surface area contributed by atoms with Gasteiger partial charge in [-0.3, -0.25) is 20.4 Å². The number of nitrogens with one attached hydrogen (secondary N) is 2. The molecule has 0 radical (unpaired) electrons. The molecule has 2 aromatic carbocycles. The van der Waals surface area contributed by atoms with Crippen molar-refractivity contribution < 1.29 is 24.2 Å². The Morgan fingerprint density at radius 3 is 2.29 bits per heavy atom. The van der Waals surface area contributed by atoms with Gasteiger partial charge in [0.25, 0.3) is 11.8 Å². The molecule has 0 bridgehead atoms. The van der Waals surface area contributed by atoms with Gasteiger partial charge in [-0.15, -0.1) is 0 Å². The van der Waals surface area contributed by atoms with Crippen molar-refractivity contribution in [2.24, 2.45) is 0 Å². The fraction of sp³-hybridized carbons (Fsp3) is 0.176. The summed E-state index contributed by atoms with van der Waals surface area (Å²) in [7, 11) is 0. The van der Waals surface area contributed by atoms with Crippen LogP contribution in [0.3, 0.4) is 0 Å². The number of carbonyl (C=O) groups is 2. The Hall–Kier alpha value is -3.22. The molecule has 24 heavy (non-hydrogen) atoms. The van der Waals surface area contributed by atoms with Gasteiger partial charge in [-0.25, -0.2) is 0 Å². The highest BCUT2D eigenvalue weighted by Gasteiger charge is 2.08. The molecule has 0 aliphatic rings. The molecule has 0 spiro atoms. The Balaban J connectivity index is 1.76. The molecule has 2 amide bonds. The van der Waals surface area contributed by atoms with Crippen LogP contribution < -0.4 is 20.3 Å². The van der Waals surface area contributed by atoms with Crippen LogP contribution in [0.5, 0.6) is 17.2 Å². The molecule has 0 aliphatic carbocycles. The average molecular weight is 330 g/mol. The number of hydrogen-bond donors (Lipinski definition) is 3. The van der Waals surface area contributed by atoms with Gasteiger partial charge in [-0.1, -0.05) is 6.07 Å². The second kappa shape index (κ2) is 8.42. The van der Waals surface area contributed by atoms with E-state index in [1.165, 1.54) is 24.3 Å². The predicted molar refractivity (Wildman–Crippen MR) is 86.8 cm³/mol. The van der Waals surface area contributed by atoms with Gasteiger partial charge >= 0.3 is 0 Å². The molecule has 2 rings (SSSR count). The molecular weight excluding hydrogens is 312 g/mol. The molecule has 126 valence electrons. The van der Waals surface area contributed by atoms with Crippen LogP contribution in [0, 0.1) is 0 Å². The first kappa shape index (κ1) is 17.1. The van der Waals surface area contributed by atoms with E-state index in [2.05, 4.69) is 10.9 Å². The molecule has 0 unspecified atom stereocenters. The van der Waals surface area contributed by atoms with Gasteiger partial charge in [0.05, 0.1) is 6.61 Å². The molecule has 7 heteroatoms. The zero-order chi connectivity index (χ0) is 17.4. The van der Waals surface area contributed by atoms with Crippen molar-refractivity contribution in [1.82, 2.24) is 10.9 Å². The standard InChI is InChI=1S/C17H18N2O5/c1-2-23-14-6-8-15(9-7-14)24-11-16(21)18-19-17(22)12-4-3-5-13(20)10-12/h3-10,20H,2,11H2,1H3,(H,18,21)(H,19,22). The number of carbonyl (C=O) groups excluding carboxylic acids is 2. The molecule has 0 saturated carbocycles. The van der Waals surface area contributed by atoms with Crippen LogP contribution in [0.1, 0.15) is 17.3 Å². The number of amides is 2. The largest absolute Gasteiger partial charge is 0.508 e.